The maximum atomic E-state index is 13.1. The number of rotatable bonds is 3. The summed E-state index contributed by atoms with van der Waals surface area (Å²) in [5.74, 6) is 0.465. The summed E-state index contributed by atoms with van der Waals surface area (Å²) < 4.78 is 29.1. The standard InChI is InChI=1S/C17H15FO4/c1-20-14-7-11-8-16(19)22-17(13(11)9-15(14)21-2)10-3-5-12(18)6-4-10/h3-7,9,17H,8H2,1-2H3/t17-/m1/s1. The molecule has 3 rings (SSSR count). The Morgan fingerprint density at radius 1 is 1.09 bits per heavy atom. The van der Waals surface area contributed by atoms with Crippen molar-refractivity contribution in [3.05, 3.63) is 58.9 Å². The van der Waals surface area contributed by atoms with Gasteiger partial charge >= 0.3 is 5.97 Å². The third-order valence-corrected chi connectivity index (χ3v) is 3.68. The minimum Gasteiger partial charge on any atom is -0.493 e. The molecule has 0 radical (unpaired) electrons. The lowest BCUT2D eigenvalue weighted by Crippen LogP contribution is -2.22. The first-order chi connectivity index (χ1) is 10.6. The summed E-state index contributed by atoms with van der Waals surface area (Å²) in [5, 5.41) is 0. The SMILES string of the molecule is COc1cc2c(cc1OC)[C@@H](c1ccc(F)cc1)OC(=O)C2. The average molecular weight is 302 g/mol. The summed E-state index contributed by atoms with van der Waals surface area (Å²) in [4.78, 5) is 11.9. The molecule has 4 nitrogen and oxygen atoms in total. The van der Waals surface area contributed by atoms with Crippen LogP contribution in [0.15, 0.2) is 36.4 Å². The van der Waals surface area contributed by atoms with Crippen molar-refractivity contribution in [1.82, 2.24) is 0 Å². The van der Waals surface area contributed by atoms with Crippen molar-refractivity contribution in [2.24, 2.45) is 0 Å². The predicted octanol–water partition coefficient (Wildman–Crippen LogP) is 3.03. The molecule has 1 aliphatic heterocycles. The molecule has 0 amide bonds. The minimum absolute atomic E-state index is 0.174. The normalized spacial score (nSPS) is 16.7. The van der Waals surface area contributed by atoms with Gasteiger partial charge in [-0.25, -0.2) is 4.39 Å². The Balaban J connectivity index is 2.11. The molecule has 0 aliphatic carbocycles. The van der Waals surface area contributed by atoms with Gasteiger partial charge in [-0.2, -0.15) is 0 Å². The van der Waals surface area contributed by atoms with E-state index in [1.165, 1.54) is 12.1 Å². The summed E-state index contributed by atoms with van der Waals surface area (Å²) >= 11 is 0. The third-order valence-electron chi connectivity index (χ3n) is 3.68. The number of benzene rings is 2. The van der Waals surface area contributed by atoms with Crippen molar-refractivity contribution >= 4 is 5.97 Å². The van der Waals surface area contributed by atoms with Crippen molar-refractivity contribution in [3.8, 4) is 11.5 Å². The van der Waals surface area contributed by atoms with Crippen LogP contribution in [0.2, 0.25) is 0 Å². The minimum atomic E-state index is -0.573. The van der Waals surface area contributed by atoms with Crippen LogP contribution in [0.4, 0.5) is 4.39 Å². The van der Waals surface area contributed by atoms with Gasteiger partial charge in [-0.3, -0.25) is 4.79 Å². The Morgan fingerprint density at radius 3 is 2.36 bits per heavy atom. The molecule has 1 atom stereocenters. The highest BCUT2D eigenvalue weighted by Gasteiger charge is 2.29. The van der Waals surface area contributed by atoms with Crippen LogP contribution in [0.3, 0.4) is 0 Å². The van der Waals surface area contributed by atoms with E-state index in [1.54, 1.807) is 38.5 Å². The highest BCUT2D eigenvalue weighted by molar-refractivity contribution is 5.76. The molecule has 22 heavy (non-hydrogen) atoms. The molecule has 0 bridgehead atoms. The van der Waals surface area contributed by atoms with Gasteiger partial charge in [0.1, 0.15) is 5.82 Å². The summed E-state index contributed by atoms with van der Waals surface area (Å²) in [7, 11) is 3.09. The monoisotopic (exact) mass is 302 g/mol. The molecule has 0 saturated heterocycles. The second kappa shape index (κ2) is 5.67. The number of esters is 1. The topological polar surface area (TPSA) is 44.8 Å². The lowest BCUT2D eigenvalue weighted by molar-refractivity contribution is -0.148. The maximum absolute atomic E-state index is 13.1. The zero-order chi connectivity index (χ0) is 15.7. The summed E-state index contributed by atoms with van der Waals surface area (Å²) in [6.45, 7) is 0. The van der Waals surface area contributed by atoms with Gasteiger partial charge in [0.2, 0.25) is 0 Å². The molecule has 0 N–H and O–H groups in total. The lowest BCUT2D eigenvalue weighted by atomic mass is 9.92. The Morgan fingerprint density at radius 2 is 1.73 bits per heavy atom. The van der Waals surface area contributed by atoms with Crippen LogP contribution in [0.1, 0.15) is 22.8 Å². The molecule has 114 valence electrons. The molecule has 0 saturated carbocycles. The van der Waals surface area contributed by atoms with Gasteiger partial charge in [0.05, 0.1) is 20.6 Å². The first-order valence-corrected chi connectivity index (χ1v) is 6.82. The fourth-order valence-electron chi connectivity index (χ4n) is 2.61. The smallest absolute Gasteiger partial charge is 0.311 e. The number of hydrogen-bond acceptors (Lipinski definition) is 4. The number of methoxy groups -OCH3 is 2. The molecule has 0 aromatic heterocycles. The predicted molar refractivity (Wildman–Crippen MR) is 77.6 cm³/mol. The van der Waals surface area contributed by atoms with Crippen molar-refractivity contribution < 1.29 is 23.4 Å². The van der Waals surface area contributed by atoms with Crippen molar-refractivity contribution in [1.29, 1.82) is 0 Å². The highest BCUT2D eigenvalue weighted by Crippen LogP contribution is 2.39. The molecular weight excluding hydrogens is 287 g/mol. The van der Waals surface area contributed by atoms with Gasteiger partial charge in [0, 0.05) is 5.56 Å². The van der Waals surface area contributed by atoms with Crippen LogP contribution < -0.4 is 9.47 Å². The molecule has 2 aromatic carbocycles. The van der Waals surface area contributed by atoms with Crippen LogP contribution in [0, 0.1) is 5.82 Å². The van der Waals surface area contributed by atoms with Gasteiger partial charge < -0.3 is 14.2 Å². The van der Waals surface area contributed by atoms with E-state index in [1.807, 2.05) is 0 Å². The summed E-state index contributed by atoms with van der Waals surface area (Å²) in [6, 6.07) is 9.49. The van der Waals surface area contributed by atoms with Crippen LogP contribution in [-0.2, 0) is 16.0 Å². The Bertz CT molecular complexity index is 709. The number of carbonyl (C=O) groups excluding carboxylic acids is 1. The van der Waals surface area contributed by atoms with E-state index in [4.69, 9.17) is 14.2 Å². The fourth-order valence-corrected chi connectivity index (χ4v) is 2.61. The molecular formula is C17H15FO4. The maximum Gasteiger partial charge on any atom is 0.311 e. The highest BCUT2D eigenvalue weighted by atomic mass is 19.1. The molecule has 2 aromatic rings. The van der Waals surface area contributed by atoms with Crippen molar-refractivity contribution in [2.75, 3.05) is 14.2 Å². The van der Waals surface area contributed by atoms with E-state index in [9.17, 15) is 9.18 Å². The number of cyclic esters (lactones) is 1. The lowest BCUT2D eigenvalue weighted by Gasteiger charge is -2.27. The molecule has 0 fully saturated rings. The average Bonchev–Trinajstić information content (AvgIpc) is 2.53. The van der Waals surface area contributed by atoms with Gasteiger partial charge in [-0.1, -0.05) is 12.1 Å². The number of ether oxygens (including phenoxy) is 3. The van der Waals surface area contributed by atoms with Gasteiger partial charge in [-0.15, -0.1) is 0 Å². The third kappa shape index (κ3) is 2.50. The Labute approximate surface area is 127 Å². The number of halogens is 1. The van der Waals surface area contributed by atoms with E-state index in [0.29, 0.717) is 17.1 Å². The van der Waals surface area contributed by atoms with Gasteiger partial charge in [0.15, 0.2) is 17.6 Å². The zero-order valence-corrected chi connectivity index (χ0v) is 12.3. The zero-order valence-electron chi connectivity index (χ0n) is 12.3. The van der Waals surface area contributed by atoms with E-state index in [-0.39, 0.29) is 18.2 Å². The van der Waals surface area contributed by atoms with E-state index < -0.39 is 6.10 Å². The van der Waals surface area contributed by atoms with Crippen LogP contribution in [0.5, 0.6) is 11.5 Å². The Kier molecular flexibility index (Phi) is 3.71. The van der Waals surface area contributed by atoms with Crippen LogP contribution in [-0.4, -0.2) is 20.2 Å². The quantitative estimate of drug-likeness (QED) is 0.818. The van der Waals surface area contributed by atoms with Crippen LogP contribution in [0.25, 0.3) is 0 Å². The number of hydrogen-bond donors (Lipinski definition) is 0. The summed E-state index contributed by atoms with van der Waals surface area (Å²) in [5.41, 5.74) is 2.36. The van der Waals surface area contributed by atoms with E-state index in [0.717, 1.165) is 11.1 Å². The first kappa shape index (κ1) is 14.4. The second-order valence-electron chi connectivity index (χ2n) is 5.00. The van der Waals surface area contributed by atoms with Crippen molar-refractivity contribution in [3.63, 3.8) is 0 Å². The van der Waals surface area contributed by atoms with E-state index in [2.05, 4.69) is 0 Å². The van der Waals surface area contributed by atoms with E-state index >= 15 is 0 Å². The number of carbonyl (C=O) groups is 1. The number of fused-ring (bicyclic) bond motifs is 1. The molecule has 1 heterocycles. The van der Waals surface area contributed by atoms with Gasteiger partial charge in [-0.05, 0) is 35.4 Å². The largest absolute Gasteiger partial charge is 0.493 e. The first-order valence-electron chi connectivity index (χ1n) is 6.82. The molecule has 0 unspecified atom stereocenters. The fraction of sp³-hybridized carbons (Fsp3) is 0.235. The molecule has 5 heteroatoms. The summed E-state index contributed by atoms with van der Waals surface area (Å²) in [6.07, 6.45) is -0.399. The van der Waals surface area contributed by atoms with Gasteiger partial charge in [0.25, 0.3) is 0 Å². The molecule has 0 spiro atoms. The molecule has 1 aliphatic rings. The van der Waals surface area contributed by atoms with Crippen molar-refractivity contribution in [2.45, 2.75) is 12.5 Å². The Hall–Kier alpha value is -2.56. The van der Waals surface area contributed by atoms with Crippen LogP contribution >= 0.6 is 0 Å². The second-order valence-corrected chi connectivity index (χ2v) is 5.00.